The van der Waals surface area contributed by atoms with Crippen LogP contribution in [0.25, 0.3) is 10.9 Å². The van der Waals surface area contributed by atoms with Crippen LogP contribution in [-0.4, -0.2) is 27.1 Å². The summed E-state index contributed by atoms with van der Waals surface area (Å²) in [4.78, 5) is 25.1. The second-order valence-corrected chi connectivity index (χ2v) is 8.98. The van der Waals surface area contributed by atoms with Crippen LogP contribution in [0.5, 0.6) is 0 Å². The summed E-state index contributed by atoms with van der Waals surface area (Å²) < 4.78 is 12.6. The van der Waals surface area contributed by atoms with E-state index in [1.54, 1.807) is 24.3 Å². The van der Waals surface area contributed by atoms with Gasteiger partial charge in [-0.1, -0.05) is 48.5 Å². The smallest absolute Gasteiger partial charge is 0.307 e. The number of rotatable bonds is 8. The van der Waals surface area contributed by atoms with E-state index in [0.717, 1.165) is 22.0 Å². The van der Waals surface area contributed by atoms with Crippen LogP contribution in [0.15, 0.2) is 60.8 Å². The van der Waals surface area contributed by atoms with E-state index in [1.807, 2.05) is 36.5 Å². The van der Waals surface area contributed by atoms with Gasteiger partial charge in [0.2, 0.25) is 7.37 Å². The molecule has 0 spiro atoms. The number of hydrogen-bond acceptors (Lipinski definition) is 2. The molecule has 0 fully saturated rings. The van der Waals surface area contributed by atoms with Gasteiger partial charge in [0.1, 0.15) is 0 Å². The number of aromatic amines is 1. The summed E-state index contributed by atoms with van der Waals surface area (Å²) >= 11 is 0. The lowest BCUT2D eigenvalue weighted by atomic mass is 10.0. The third-order valence-electron chi connectivity index (χ3n) is 4.56. The van der Waals surface area contributed by atoms with E-state index in [9.17, 15) is 19.4 Å². The van der Waals surface area contributed by atoms with Crippen molar-refractivity contribution in [3.63, 3.8) is 0 Å². The van der Waals surface area contributed by atoms with Crippen molar-refractivity contribution in [3.8, 4) is 0 Å². The number of nitrogens with one attached hydrogen (secondary N) is 1. The van der Waals surface area contributed by atoms with Crippen LogP contribution in [0.1, 0.15) is 17.5 Å². The Morgan fingerprint density at radius 1 is 1.08 bits per heavy atom. The van der Waals surface area contributed by atoms with Crippen LogP contribution in [0, 0.1) is 5.92 Å². The molecule has 1 aromatic heterocycles. The summed E-state index contributed by atoms with van der Waals surface area (Å²) in [5, 5.41) is 10.6. The highest BCUT2D eigenvalue weighted by atomic mass is 31.2. The van der Waals surface area contributed by atoms with Gasteiger partial charge in [0.15, 0.2) is 0 Å². The molecule has 2 aromatic carbocycles. The zero-order valence-corrected chi connectivity index (χ0v) is 15.2. The van der Waals surface area contributed by atoms with Gasteiger partial charge in [-0.2, -0.15) is 0 Å². The summed E-state index contributed by atoms with van der Waals surface area (Å²) in [7, 11) is -3.57. The number of carboxylic acid groups (broad SMARTS) is 1. The van der Waals surface area contributed by atoms with Gasteiger partial charge < -0.3 is 15.0 Å². The van der Waals surface area contributed by atoms with E-state index in [-0.39, 0.29) is 12.3 Å². The highest BCUT2D eigenvalue weighted by Gasteiger charge is 2.29. The molecule has 0 aliphatic rings. The molecular weight excluding hydrogens is 349 g/mol. The van der Waals surface area contributed by atoms with E-state index in [0.29, 0.717) is 12.8 Å². The minimum Gasteiger partial charge on any atom is -0.481 e. The van der Waals surface area contributed by atoms with Crippen molar-refractivity contribution in [2.45, 2.75) is 19.0 Å². The molecule has 0 aliphatic carbocycles. The summed E-state index contributed by atoms with van der Waals surface area (Å²) in [5.41, 5.74) is 2.79. The van der Waals surface area contributed by atoms with Crippen molar-refractivity contribution in [1.82, 2.24) is 4.98 Å². The first-order valence-corrected chi connectivity index (χ1v) is 10.6. The van der Waals surface area contributed by atoms with Crippen molar-refractivity contribution in [2.24, 2.45) is 5.92 Å². The summed E-state index contributed by atoms with van der Waals surface area (Å²) in [6, 6.07) is 16.9. The molecule has 26 heavy (non-hydrogen) atoms. The molecule has 3 aromatic rings. The fourth-order valence-electron chi connectivity index (χ4n) is 3.24. The van der Waals surface area contributed by atoms with Crippen LogP contribution >= 0.6 is 7.37 Å². The zero-order chi connectivity index (χ0) is 18.6. The number of aromatic nitrogens is 1. The molecule has 0 aliphatic heterocycles. The summed E-state index contributed by atoms with van der Waals surface area (Å²) in [6.45, 7) is 0. The maximum atomic E-state index is 12.6. The average molecular weight is 371 g/mol. The molecule has 0 radical (unpaired) electrons. The Morgan fingerprint density at radius 2 is 1.77 bits per heavy atom. The van der Waals surface area contributed by atoms with Crippen molar-refractivity contribution in [2.75, 3.05) is 6.16 Å². The molecule has 3 N–H and O–H groups in total. The monoisotopic (exact) mass is 371 g/mol. The average Bonchev–Trinajstić information content (AvgIpc) is 3.02. The first-order valence-electron chi connectivity index (χ1n) is 8.57. The topological polar surface area (TPSA) is 90.4 Å². The molecule has 0 saturated carbocycles. The number of benzene rings is 2. The van der Waals surface area contributed by atoms with Crippen LogP contribution in [0.4, 0.5) is 0 Å². The number of carbonyl (C=O) groups is 1. The highest BCUT2D eigenvalue weighted by molar-refractivity contribution is 7.57. The summed E-state index contributed by atoms with van der Waals surface area (Å²) in [6.07, 6.45) is 2.55. The van der Waals surface area contributed by atoms with Gasteiger partial charge >= 0.3 is 5.97 Å². The number of hydrogen-bond donors (Lipinski definition) is 3. The minimum atomic E-state index is -3.57. The quantitative estimate of drug-likeness (QED) is 0.516. The minimum absolute atomic E-state index is 0.00467. The fourth-order valence-corrected chi connectivity index (χ4v) is 5.18. The third kappa shape index (κ3) is 4.63. The molecule has 5 nitrogen and oxygen atoms in total. The standard InChI is InChI=1S/C20H22NO4P/c22-20(23)17(14-26(24,25)13-15-6-2-1-3-7-15)11-10-16-12-21-19-9-5-4-8-18(16)19/h1-9,12,17,21H,10-11,13-14H2,(H,22,23)(H,24,25). The Morgan fingerprint density at radius 3 is 2.50 bits per heavy atom. The molecule has 3 rings (SSSR count). The number of carboxylic acids is 1. The SMILES string of the molecule is O=C(O)C(CCc1c[nH]c2ccccc12)CP(=O)(O)Cc1ccccc1. The molecular formula is C20H22NO4P. The van der Waals surface area contributed by atoms with Crippen molar-refractivity contribution < 1.29 is 19.4 Å². The van der Waals surface area contributed by atoms with Crippen molar-refractivity contribution in [1.29, 1.82) is 0 Å². The number of aryl methyl sites for hydroxylation is 1. The van der Waals surface area contributed by atoms with E-state index < -0.39 is 19.3 Å². The maximum absolute atomic E-state index is 12.6. The Bertz CT molecular complexity index is 935. The molecule has 136 valence electrons. The second kappa shape index (κ2) is 7.90. The van der Waals surface area contributed by atoms with Gasteiger partial charge in [-0.3, -0.25) is 9.36 Å². The van der Waals surface area contributed by atoms with Gasteiger partial charge in [0, 0.05) is 29.4 Å². The Labute approximate surface area is 152 Å². The molecule has 0 bridgehead atoms. The largest absolute Gasteiger partial charge is 0.481 e. The predicted molar refractivity (Wildman–Crippen MR) is 103 cm³/mol. The van der Waals surface area contributed by atoms with Crippen LogP contribution in [-0.2, 0) is 21.9 Å². The Balaban J connectivity index is 1.67. The Hall–Kier alpha value is -2.36. The number of fused-ring (bicyclic) bond motifs is 1. The number of aliphatic carboxylic acids is 1. The second-order valence-electron chi connectivity index (χ2n) is 6.61. The van der Waals surface area contributed by atoms with Gasteiger partial charge in [0.25, 0.3) is 0 Å². The lowest BCUT2D eigenvalue weighted by molar-refractivity contribution is -0.141. The fraction of sp³-hybridized carbons (Fsp3) is 0.250. The molecule has 1 heterocycles. The third-order valence-corrected chi connectivity index (χ3v) is 6.44. The van der Waals surface area contributed by atoms with Crippen LogP contribution < -0.4 is 0 Å². The van der Waals surface area contributed by atoms with Crippen LogP contribution in [0.3, 0.4) is 0 Å². The normalized spacial score (nSPS) is 14.8. The van der Waals surface area contributed by atoms with Crippen molar-refractivity contribution in [3.05, 3.63) is 71.9 Å². The maximum Gasteiger partial charge on any atom is 0.307 e. The van der Waals surface area contributed by atoms with Gasteiger partial charge in [-0.25, -0.2) is 0 Å². The molecule has 6 heteroatoms. The molecule has 2 atom stereocenters. The van der Waals surface area contributed by atoms with E-state index in [2.05, 4.69) is 4.98 Å². The lowest BCUT2D eigenvalue weighted by Gasteiger charge is -2.17. The first kappa shape index (κ1) is 18.4. The molecule has 2 unspecified atom stereocenters. The number of H-pyrrole nitrogens is 1. The predicted octanol–water partition coefficient (Wildman–Crippen LogP) is 4.27. The van der Waals surface area contributed by atoms with Crippen molar-refractivity contribution >= 4 is 24.2 Å². The van der Waals surface area contributed by atoms with E-state index in [4.69, 9.17) is 0 Å². The van der Waals surface area contributed by atoms with Gasteiger partial charge in [-0.05, 0) is 30.0 Å². The Kier molecular flexibility index (Phi) is 5.60. The highest BCUT2D eigenvalue weighted by Crippen LogP contribution is 2.46. The molecule has 0 amide bonds. The first-order chi connectivity index (χ1) is 12.4. The zero-order valence-electron chi connectivity index (χ0n) is 14.3. The van der Waals surface area contributed by atoms with E-state index in [1.165, 1.54) is 0 Å². The molecule has 0 saturated heterocycles. The van der Waals surface area contributed by atoms with Gasteiger partial charge in [-0.15, -0.1) is 0 Å². The van der Waals surface area contributed by atoms with Gasteiger partial charge in [0.05, 0.1) is 5.92 Å². The van der Waals surface area contributed by atoms with E-state index >= 15 is 0 Å². The lowest BCUT2D eigenvalue weighted by Crippen LogP contribution is -2.19. The van der Waals surface area contributed by atoms with Crippen LogP contribution in [0.2, 0.25) is 0 Å². The number of para-hydroxylation sites is 1. The summed E-state index contributed by atoms with van der Waals surface area (Å²) in [5.74, 6) is -1.87.